The zero-order valence-corrected chi connectivity index (χ0v) is 14.7. The highest BCUT2D eigenvalue weighted by molar-refractivity contribution is 6.28. The molecule has 1 aliphatic rings. The Bertz CT molecular complexity index is 1030. The summed E-state index contributed by atoms with van der Waals surface area (Å²) in [7, 11) is 0. The first kappa shape index (κ1) is 16.1. The molecule has 0 spiro atoms. The molecule has 5 nitrogen and oxygen atoms in total. The van der Waals surface area contributed by atoms with Gasteiger partial charge >= 0.3 is 5.97 Å². The number of rotatable bonds is 3. The lowest BCUT2D eigenvalue weighted by Crippen LogP contribution is -2.12. The molecule has 0 atom stereocenters. The van der Waals surface area contributed by atoms with Crippen LogP contribution in [-0.4, -0.2) is 22.9 Å². The van der Waals surface area contributed by atoms with Crippen molar-refractivity contribution in [3.8, 4) is 16.9 Å². The van der Waals surface area contributed by atoms with E-state index in [4.69, 9.17) is 10.6 Å². The molecule has 0 radical (unpaired) electrons. The van der Waals surface area contributed by atoms with Gasteiger partial charge in [-0.15, -0.1) is 0 Å². The van der Waals surface area contributed by atoms with E-state index in [1.807, 2.05) is 61.5 Å². The summed E-state index contributed by atoms with van der Waals surface area (Å²) in [5, 5.41) is 4.02. The van der Waals surface area contributed by atoms with Crippen LogP contribution in [0, 0.1) is 6.92 Å². The number of fused-ring (bicyclic) bond motifs is 3. The van der Waals surface area contributed by atoms with Crippen LogP contribution in [0.2, 0.25) is 0 Å². The van der Waals surface area contributed by atoms with Gasteiger partial charge in [0.2, 0.25) is 0 Å². The van der Waals surface area contributed by atoms with Crippen LogP contribution in [0.4, 0.5) is 0 Å². The molecule has 1 aromatic heterocycles. The van der Waals surface area contributed by atoms with Crippen LogP contribution in [0.1, 0.15) is 34.1 Å². The summed E-state index contributed by atoms with van der Waals surface area (Å²) in [5.74, 6) is 5.37. The second-order valence-electron chi connectivity index (χ2n) is 6.10. The smallest absolute Gasteiger partial charge is 0.340 e. The van der Waals surface area contributed by atoms with Gasteiger partial charge in [0.25, 0.3) is 0 Å². The first-order valence-corrected chi connectivity index (χ1v) is 8.54. The lowest BCUT2D eigenvalue weighted by Gasteiger charge is -2.12. The molecule has 1 heterocycles. The Morgan fingerprint density at radius 1 is 1.08 bits per heavy atom. The van der Waals surface area contributed by atoms with Gasteiger partial charge in [-0.05, 0) is 26.0 Å². The number of hydrogen-bond acceptors (Lipinski definition) is 4. The summed E-state index contributed by atoms with van der Waals surface area (Å²) in [5.41, 5.74) is 6.54. The van der Waals surface area contributed by atoms with Crippen LogP contribution in [-0.2, 0) is 4.74 Å². The summed E-state index contributed by atoms with van der Waals surface area (Å²) in [6.45, 7) is 4.04. The van der Waals surface area contributed by atoms with E-state index in [-0.39, 0.29) is 5.97 Å². The van der Waals surface area contributed by atoms with E-state index in [0.29, 0.717) is 17.9 Å². The molecule has 0 amide bonds. The van der Waals surface area contributed by atoms with Gasteiger partial charge in [-0.1, -0.05) is 42.5 Å². The van der Waals surface area contributed by atoms with Gasteiger partial charge in [0.1, 0.15) is 5.71 Å². The van der Waals surface area contributed by atoms with Crippen molar-refractivity contribution in [3.05, 3.63) is 77.0 Å². The molecule has 3 aromatic rings. The predicted molar refractivity (Wildman–Crippen MR) is 102 cm³/mol. The average Bonchev–Trinajstić information content (AvgIpc) is 3.13. The van der Waals surface area contributed by atoms with Crippen molar-refractivity contribution in [1.29, 1.82) is 0 Å². The Hall–Kier alpha value is -3.34. The molecular formula is C21H19N3O2. The number of aromatic nitrogens is 1. The molecule has 0 saturated carbocycles. The fraction of sp³-hybridized carbons (Fsp3) is 0.143. The van der Waals surface area contributed by atoms with Gasteiger partial charge in [0.15, 0.2) is 0 Å². The Kier molecular flexibility index (Phi) is 3.84. The van der Waals surface area contributed by atoms with Gasteiger partial charge in [0, 0.05) is 28.1 Å². The highest BCUT2D eigenvalue weighted by Crippen LogP contribution is 2.43. The van der Waals surface area contributed by atoms with Crippen molar-refractivity contribution >= 4 is 11.7 Å². The van der Waals surface area contributed by atoms with Crippen LogP contribution in [0.15, 0.2) is 59.7 Å². The number of benzene rings is 2. The first-order chi connectivity index (χ1) is 12.7. The molecular weight excluding hydrogens is 326 g/mol. The lowest BCUT2D eigenvalue weighted by molar-refractivity contribution is 0.0525. The molecule has 4 rings (SSSR count). The molecule has 130 valence electrons. The second kappa shape index (κ2) is 6.19. The van der Waals surface area contributed by atoms with E-state index in [1.165, 1.54) is 0 Å². The number of ether oxygens (including phenoxy) is 1. The maximum Gasteiger partial charge on any atom is 0.340 e. The number of carbonyl (C=O) groups is 1. The average molecular weight is 345 g/mol. The van der Waals surface area contributed by atoms with E-state index in [1.54, 1.807) is 6.92 Å². The topological polar surface area (TPSA) is 69.6 Å². The normalized spacial score (nSPS) is 13.5. The Labute approximate surface area is 151 Å². The summed E-state index contributed by atoms with van der Waals surface area (Å²) in [6, 6.07) is 17.9. The standard InChI is InChI=1S/C21H19N3O2/c1-3-26-21(25)17-13(2)24(14-9-5-4-6-10-14)20-16-12-8-7-11-15(16)19(23-22)18(17)20/h4-12H,3,22H2,1-2H3/b23-19+. The predicted octanol–water partition coefficient (Wildman–Crippen LogP) is 3.65. The number of nitrogens with two attached hydrogens (primary N) is 1. The highest BCUT2D eigenvalue weighted by atomic mass is 16.5. The molecule has 0 bridgehead atoms. The lowest BCUT2D eigenvalue weighted by atomic mass is 10.0. The highest BCUT2D eigenvalue weighted by Gasteiger charge is 2.36. The van der Waals surface area contributed by atoms with E-state index in [9.17, 15) is 4.79 Å². The van der Waals surface area contributed by atoms with Crippen LogP contribution < -0.4 is 5.84 Å². The maximum absolute atomic E-state index is 12.8. The molecule has 1 aliphatic carbocycles. The fourth-order valence-corrected chi connectivity index (χ4v) is 3.69. The molecule has 0 unspecified atom stereocenters. The van der Waals surface area contributed by atoms with Gasteiger partial charge in [-0.25, -0.2) is 4.79 Å². The van der Waals surface area contributed by atoms with E-state index in [0.717, 1.165) is 33.8 Å². The van der Waals surface area contributed by atoms with Crippen LogP contribution in [0.25, 0.3) is 16.9 Å². The maximum atomic E-state index is 12.8. The molecule has 0 fully saturated rings. The number of esters is 1. The van der Waals surface area contributed by atoms with Gasteiger partial charge in [-0.3, -0.25) is 0 Å². The molecule has 0 aliphatic heterocycles. The number of para-hydroxylation sites is 1. The minimum Gasteiger partial charge on any atom is -0.462 e. The molecule has 2 aromatic carbocycles. The first-order valence-electron chi connectivity index (χ1n) is 8.54. The molecule has 5 heteroatoms. The Morgan fingerprint density at radius 2 is 1.73 bits per heavy atom. The van der Waals surface area contributed by atoms with Crippen molar-refractivity contribution < 1.29 is 9.53 Å². The third-order valence-corrected chi connectivity index (χ3v) is 4.70. The van der Waals surface area contributed by atoms with Crippen molar-refractivity contribution in [2.24, 2.45) is 10.9 Å². The van der Waals surface area contributed by atoms with E-state index in [2.05, 4.69) is 9.67 Å². The summed E-state index contributed by atoms with van der Waals surface area (Å²) < 4.78 is 7.41. The second-order valence-corrected chi connectivity index (χ2v) is 6.10. The summed E-state index contributed by atoms with van der Waals surface area (Å²) in [6.07, 6.45) is 0. The van der Waals surface area contributed by atoms with Crippen molar-refractivity contribution in [1.82, 2.24) is 4.57 Å². The van der Waals surface area contributed by atoms with Gasteiger partial charge in [0.05, 0.1) is 17.9 Å². The third kappa shape index (κ3) is 2.17. The minimum atomic E-state index is -0.357. The Balaban J connectivity index is 2.11. The minimum absolute atomic E-state index is 0.311. The SMILES string of the molecule is CCOC(=O)c1c2c(n(-c3ccccc3)c1C)-c1ccccc1/C2=N\N. The van der Waals surface area contributed by atoms with Crippen molar-refractivity contribution in [2.75, 3.05) is 6.61 Å². The number of hydrogen-bond donors (Lipinski definition) is 1. The van der Waals surface area contributed by atoms with Gasteiger partial charge < -0.3 is 15.1 Å². The Morgan fingerprint density at radius 3 is 2.38 bits per heavy atom. The van der Waals surface area contributed by atoms with E-state index >= 15 is 0 Å². The summed E-state index contributed by atoms with van der Waals surface area (Å²) >= 11 is 0. The van der Waals surface area contributed by atoms with Crippen LogP contribution >= 0.6 is 0 Å². The van der Waals surface area contributed by atoms with Crippen LogP contribution in [0.3, 0.4) is 0 Å². The largest absolute Gasteiger partial charge is 0.462 e. The number of nitrogens with zero attached hydrogens (tertiary/aromatic N) is 2. The quantitative estimate of drug-likeness (QED) is 0.350. The number of hydrazone groups is 1. The van der Waals surface area contributed by atoms with Crippen molar-refractivity contribution in [3.63, 3.8) is 0 Å². The molecule has 0 saturated heterocycles. The van der Waals surface area contributed by atoms with Gasteiger partial charge in [-0.2, -0.15) is 5.10 Å². The molecule has 2 N–H and O–H groups in total. The monoisotopic (exact) mass is 345 g/mol. The zero-order valence-electron chi connectivity index (χ0n) is 14.7. The fourth-order valence-electron chi connectivity index (χ4n) is 3.69. The van der Waals surface area contributed by atoms with Crippen molar-refractivity contribution in [2.45, 2.75) is 13.8 Å². The molecule has 26 heavy (non-hydrogen) atoms. The third-order valence-electron chi connectivity index (χ3n) is 4.70. The number of carbonyl (C=O) groups excluding carboxylic acids is 1. The van der Waals surface area contributed by atoms with Crippen LogP contribution in [0.5, 0.6) is 0 Å². The summed E-state index contributed by atoms with van der Waals surface area (Å²) in [4.78, 5) is 12.8. The zero-order chi connectivity index (χ0) is 18.3. The van der Waals surface area contributed by atoms with E-state index < -0.39 is 0 Å².